The maximum absolute atomic E-state index is 12.9. The molecule has 136 valence electrons. The number of nitrogens with zero attached hydrogens (tertiary/aromatic N) is 7. The minimum Gasteiger partial charge on any atom is -0.381 e. The van der Waals surface area contributed by atoms with Crippen molar-refractivity contribution in [2.75, 3.05) is 20.2 Å². The van der Waals surface area contributed by atoms with Crippen LogP contribution < -0.4 is 0 Å². The van der Waals surface area contributed by atoms with Crippen LogP contribution in [0.2, 0.25) is 0 Å². The standard InChI is InChI=1S/C17H21N7O2/c1-26-15-9-17(10-15)2-4-24(5-3-17)16(25)13-6-12(11-20-22-18)7-14(8-13)21-23-19/h6-8,15H,2-5,9-11H2,1H3. The smallest absolute Gasteiger partial charge is 0.253 e. The summed E-state index contributed by atoms with van der Waals surface area (Å²) in [6.07, 6.45) is 4.49. The highest BCUT2D eigenvalue weighted by molar-refractivity contribution is 5.95. The zero-order valence-electron chi connectivity index (χ0n) is 14.7. The van der Waals surface area contributed by atoms with Gasteiger partial charge in [-0.3, -0.25) is 4.79 Å². The third kappa shape index (κ3) is 3.75. The minimum atomic E-state index is -0.0837. The molecule has 1 amide bonds. The number of hydrogen-bond donors (Lipinski definition) is 0. The summed E-state index contributed by atoms with van der Waals surface area (Å²) >= 11 is 0. The van der Waals surface area contributed by atoms with Gasteiger partial charge >= 0.3 is 0 Å². The Balaban J connectivity index is 1.72. The molecule has 0 atom stereocenters. The van der Waals surface area contributed by atoms with Gasteiger partial charge in [0.1, 0.15) is 0 Å². The lowest BCUT2D eigenvalue weighted by Crippen LogP contribution is -2.50. The fourth-order valence-electron chi connectivity index (χ4n) is 3.96. The predicted molar refractivity (Wildman–Crippen MR) is 95.7 cm³/mol. The molecule has 1 aromatic rings. The number of amides is 1. The second-order valence-corrected chi connectivity index (χ2v) is 7.02. The van der Waals surface area contributed by atoms with E-state index >= 15 is 0 Å². The van der Waals surface area contributed by atoms with Crippen molar-refractivity contribution in [3.05, 3.63) is 50.2 Å². The maximum atomic E-state index is 12.9. The Morgan fingerprint density at radius 2 is 2.00 bits per heavy atom. The summed E-state index contributed by atoms with van der Waals surface area (Å²) in [5, 5.41) is 7.11. The van der Waals surface area contributed by atoms with E-state index in [-0.39, 0.29) is 12.5 Å². The molecule has 9 nitrogen and oxygen atoms in total. The Labute approximate surface area is 151 Å². The number of rotatable bonds is 5. The number of ether oxygens (including phenoxy) is 1. The first-order valence-electron chi connectivity index (χ1n) is 8.61. The number of piperidine rings is 1. The van der Waals surface area contributed by atoms with Crippen LogP contribution in [0, 0.1) is 5.41 Å². The molecule has 2 aliphatic rings. The zero-order chi connectivity index (χ0) is 18.6. The SMILES string of the molecule is COC1CC2(CCN(C(=O)c3cc(CN=[N+]=[N-])cc(N=[N+]=[N-])c3)CC2)C1. The Morgan fingerprint density at radius 1 is 1.27 bits per heavy atom. The lowest BCUT2D eigenvalue weighted by atomic mass is 9.61. The molecule has 1 aromatic carbocycles. The van der Waals surface area contributed by atoms with Gasteiger partial charge in [0.2, 0.25) is 0 Å². The van der Waals surface area contributed by atoms with Gasteiger partial charge in [-0.1, -0.05) is 10.2 Å². The van der Waals surface area contributed by atoms with Crippen LogP contribution in [0.4, 0.5) is 5.69 Å². The topological polar surface area (TPSA) is 127 Å². The summed E-state index contributed by atoms with van der Waals surface area (Å²) in [6.45, 7) is 1.53. The lowest BCUT2D eigenvalue weighted by molar-refractivity contribution is -0.0841. The fraction of sp³-hybridized carbons (Fsp3) is 0.588. The molecule has 1 saturated carbocycles. The number of benzene rings is 1. The molecule has 1 saturated heterocycles. The number of azide groups is 2. The number of methoxy groups -OCH3 is 1. The Bertz CT molecular complexity index is 780. The van der Waals surface area contributed by atoms with Crippen molar-refractivity contribution in [1.29, 1.82) is 0 Å². The van der Waals surface area contributed by atoms with E-state index in [0.29, 0.717) is 41.4 Å². The van der Waals surface area contributed by atoms with Crippen LogP contribution in [0.25, 0.3) is 20.9 Å². The fourth-order valence-corrected chi connectivity index (χ4v) is 3.96. The van der Waals surface area contributed by atoms with Crippen LogP contribution in [0.1, 0.15) is 41.6 Å². The summed E-state index contributed by atoms with van der Waals surface area (Å²) in [7, 11) is 1.75. The highest BCUT2D eigenvalue weighted by Gasteiger charge is 2.46. The zero-order valence-corrected chi connectivity index (χ0v) is 14.7. The highest BCUT2D eigenvalue weighted by atomic mass is 16.5. The molecule has 9 heteroatoms. The van der Waals surface area contributed by atoms with Crippen LogP contribution in [-0.2, 0) is 11.3 Å². The van der Waals surface area contributed by atoms with Gasteiger partial charge in [-0.2, -0.15) is 0 Å². The van der Waals surface area contributed by atoms with Gasteiger partial charge in [0.25, 0.3) is 5.91 Å². The molecule has 1 heterocycles. The number of carbonyl (C=O) groups is 1. The van der Waals surface area contributed by atoms with Crippen LogP contribution in [0.5, 0.6) is 0 Å². The van der Waals surface area contributed by atoms with E-state index in [1.807, 2.05) is 4.90 Å². The molecule has 0 aromatic heterocycles. The third-order valence-electron chi connectivity index (χ3n) is 5.47. The summed E-state index contributed by atoms with van der Waals surface area (Å²) < 4.78 is 5.38. The second-order valence-electron chi connectivity index (χ2n) is 7.02. The van der Waals surface area contributed by atoms with Crippen molar-refractivity contribution in [2.45, 2.75) is 38.3 Å². The number of carbonyl (C=O) groups excluding carboxylic acids is 1. The summed E-state index contributed by atoms with van der Waals surface area (Å²) in [5.41, 5.74) is 18.9. The normalized spacial score (nSPS) is 18.6. The van der Waals surface area contributed by atoms with Crippen molar-refractivity contribution >= 4 is 11.6 Å². The third-order valence-corrected chi connectivity index (χ3v) is 5.47. The molecule has 0 bridgehead atoms. The summed E-state index contributed by atoms with van der Waals surface area (Å²) in [6, 6.07) is 4.90. The molecular formula is C17H21N7O2. The Kier molecular flexibility index (Phi) is 5.32. The van der Waals surface area contributed by atoms with Gasteiger partial charge in [0.05, 0.1) is 12.6 Å². The monoisotopic (exact) mass is 355 g/mol. The summed E-state index contributed by atoms with van der Waals surface area (Å²) in [5.74, 6) is -0.0837. The molecule has 2 fully saturated rings. The molecular weight excluding hydrogens is 334 g/mol. The van der Waals surface area contributed by atoms with Crippen molar-refractivity contribution < 1.29 is 9.53 Å². The number of likely N-dealkylation sites (tertiary alicyclic amines) is 1. The van der Waals surface area contributed by atoms with E-state index < -0.39 is 0 Å². The molecule has 1 spiro atoms. The van der Waals surface area contributed by atoms with Crippen molar-refractivity contribution in [3.8, 4) is 0 Å². The van der Waals surface area contributed by atoms with Gasteiger partial charge in [-0.05, 0) is 65.9 Å². The van der Waals surface area contributed by atoms with E-state index in [1.165, 1.54) is 0 Å². The molecule has 26 heavy (non-hydrogen) atoms. The van der Waals surface area contributed by atoms with Crippen LogP contribution in [0.3, 0.4) is 0 Å². The van der Waals surface area contributed by atoms with Crippen molar-refractivity contribution in [1.82, 2.24) is 4.90 Å². The lowest BCUT2D eigenvalue weighted by Gasteiger charge is -2.51. The van der Waals surface area contributed by atoms with Gasteiger partial charge in [-0.15, -0.1) is 0 Å². The number of hydrogen-bond acceptors (Lipinski definition) is 4. The molecule has 0 radical (unpaired) electrons. The molecule has 1 aliphatic carbocycles. The molecule has 0 unspecified atom stereocenters. The first-order valence-corrected chi connectivity index (χ1v) is 8.61. The van der Waals surface area contributed by atoms with E-state index in [1.54, 1.807) is 25.3 Å². The first kappa shape index (κ1) is 18.1. The van der Waals surface area contributed by atoms with E-state index in [9.17, 15) is 4.79 Å². The second kappa shape index (κ2) is 7.66. The Hall–Kier alpha value is -2.73. The van der Waals surface area contributed by atoms with E-state index in [4.69, 9.17) is 15.8 Å². The largest absolute Gasteiger partial charge is 0.381 e. The van der Waals surface area contributed by atoms with Crippen molar-refractivity contribution in [3.63, 3.8) is 0 Å². The van der Waals surface area contributed by atoms with Gasteiger partial charge in [-0.25, -0.2) is 0 Å². The average molecular weight is 355 g/mol. The quantitative estimate of drug-likeness (QED) is 0.438. The maximum Gasteiger partial charge on any atom is 0.253 e. The van der Waals surface area contributed by atoms with Gasteiger partial charge in [0, 0.05) is 41.3 Å². The van der Waals surface area contributed by atoms with Gasteiger partial charge < -0.3 is 9.64 Å². The highest BCUT2D eigenvalue weighted by Crippen LogP contribution is 2.50. The predicted octanol–water partition coefficient (Wildman–Crippen LogP) is 4.47. The van der Waals surface area contributed by atoms with Crippen LogP contribution in [-0.4, -0.2) is 37.1 Å². The van der Waals surface area contributed by atoms with Crippen LogP contribution in [0.15, 0.2) is 28.4 Å². The van der Waals surface area contributed by atoms with Crippen molar-refractivity contribution in [2.24, 2.45) is 15.6 Å². The molecule has 1 aliphatic heterocycles. The Morgan fingerprint density at radius 3 is 2.62 bits per heavy atom. The van der Waals surface area contributed by atoms with E-state index in [0.717, 1.165) is 25.7 Å². The first-order chi connectivity index (χ1) is 12.6. The summed E-state index contributed by atoms with van der Waals surface area (Å²) in [4.78, 5) is 20.2. The van der Waals surface area contributed by atoms with Gasteiger partial charge in [0.15, 0.2) is 0 Å². The average Bonchev–Trinajstić information content (AvgIpc) is 2.64. The van der Waals surface area contributed by atoms with E-state index in [2.05, 4.69) is 20.1 Å². The minimum absolute atomic E-state index is 0.0837. The van der Waals surface area contributed by atoms with Crippen LogP contribution >= 0.6 is 0 Å². The molecule has 0 N–H and O–H groups in total. The molecule has 3 rings (SSSR count).